The van der Waals surface area contributed by atoms with Gasteiger partial charge in [-0.05, 0) is 57.0 Å². The van der Waals surface area contributed by atoms with Gasteiger partial charge in [0.15, 0.2) is 11.9 Å². The van der Waals surface area contributed by atoms with Gasteiger partial charge in [-0.1, -0.05) is 24.3 Å². The van der Waals surface area contributed by atoms with Gasteiger partial charge in [-0.2, -0.15) is 0 Å². The lowest BCUT2D eigenvalue weighted by Crippen LogP contribution is -2.33. The largest absolute Gasteiger partial charge is 0.452 e. The summed E-state index contributed by atoms with van der Waals surface area (Å²) in [7, 11) is 0. The van der Waals surface area contributed by atoms with Crippen molar-refractivity contribution < 1.29 is 23.9 Å². The van der Waals surface area contributed by atoms with Gasteiger partial charge < -0.3 is 15.0 Å². The third-order valence-electron chi connectivity index (χ3n) is 5.55. The number of ether oxygens (including phenoxy) is 1. The summed E-state index contributed by atoms with van der Waals surface area (Å²) in [6, 6.07) is 12.3. The Kier molecular flexibility index (Phi) is 6.53. The normalized spacial score (nSPS) is 16.7. The van der Waals surface area contributed by atoms with E-state index in [1.807, 2.05) is 32.0 Å². The summed E-state index contributed by atoms with van der Waals surface area (Å²) in [6.45, 7) is 6.99. The van der Waals surface area contributed by atoms with Crippen LogP contribution in [0.15, 0.2) is 42.5 Å². The molecule has 1 aliphatic rings. The van der Waals surface area contributed by atoms with Gasteiger partial charge in [0.05, 0.1) is 11.6 Å². The van der Waals surface area contributed by atoms with Crippen LogP contribution < -0.4 is 10.2 Å². The van der Waals surface area contributed by atoms with Crippen molar-refractivity contribution in [3.05, 3.63) is 59.2 Å². The highest BCUT2D eigenvalue weighted by Gasteiger charge is 2.38. The van der Waals surface area contributed by atoms with Crippen LogP contribution in [0.4, 0.5) is 11.4 Å². The molecule has 0 aliphatic carbocycles. The minimum Gasteiger partial charge on any atom is -0.452 e. The Morgan fingerprint density at radius 1 is 1.10 bits per heavy atom. The lowest BCUT2D eigenvalue weighted by Gasteiger charge is -2.20. The van der Waals surface area contributed by atoms with Crippen LogP contribution in [0, 0.1) is 19.8 Å². The van der Waals surface area contributed by atoms with Crippen LogP contribution in [-0.4, -0.2) is 36.2 Å². The second-order valence-corrected chi connectivity index (χ2v) is 7.79. The Morgan fingerprint density at radius 3 is 2.52 bits per heavy atom. The molecule has 2 aromatic rings. The van der Waals surface area contributed by atoms with Crippen LogP contribution >= 0.6 is 0 Å². The predicted molar refractivity (Wildman–Crippen MR) is 117 cm³/mol. The fourth-order valence-corrected chi connectivity index (χ4v) is 3.58. The van der Waals surface area contributed by atoms with E-state index in [-0.39, 0.29) is 24.7 Å². The summed E-state index contributed by atoms with van der Waals surface area (Å²) in [6.07, 6.45) is -1.04. The molecule has 2 amide bonds. The van der Waals surface area contributed by atoms with Gasteiger partial charge in [0, 0.05) is 24.2 Å². The first kappa shape index (κ1) is 22.2. The molecule has 0 bridgehead atoms. The second-order valence-electron chi connectivity index (χ2n) is 7.79. The van der Waals surface area contributed by atoms with E-state index in [1.165, 1.54) is 13.8 Å². The molecule has 1 fully saturated rings. The number of aryl methyl sites for hydroxylation is 1. The maximum Gasteiger partial charge on any atom is 0.312 e. The first-order chi connectivity index (χ1) is 14.7. The molecule has 1 aliphatic heterocycles. The average Bonchev–Trinajstić information content (AvgIpc) is 3.11. The number of esters is 1. The van der Waals surface area contributed by atoms with Gasteiger partial charge in [-0.15, -0.1) is 0 Å². The van der Waals surface area contributed by atoms with Crippen LogP contribution in [0.5, 0.6) is 0 Å². The van der Waals surface area contributed by atoms with Gasteiger partial charge in [0.25, 0.3) is 5.91 Å². The van der Waals surface area contributed by atoms with E-state index in [0.29, 0.717) is 11.3 Å². The molecule has 2 aromatic carbocycles. The molecule has 7 nitrogen and oxygen atoms in total. The van der Waals surface area contributed by atoms with Crippen molar-refractivity contribution in [1.29, 1.82) is 0 Å². The van der Waals surface area contributed by atoms with E-state index >= 15 is 0 Å². The quantitative estimate of drug-likeness (QED) is 0.569. The maximum absolute atomic E-state index is 12.6. The number of hydrogen-bond donors (Lipinski definition) is 1. The Labute approximate surface area is 181 Å². The Hall–Kier alpha value is -3.48. The fourth-order valence-electron chi connectivity index (χ4n) is 3.58. The molecule has 31 heavy (non-hydrogen) atoms. The number of amides is 2. The van der Waals surface area contributed by atoms with Gasteiger partial charge >= 0.3 is 5.97 Å². The van der Waals surface area contributed by atoms with Gasteiger partial charge in [-0.3, -0.25) is 19.2 Å². The average molecular weight is 422 g/mol. The number of anilines is 2. The van der Waals surface area contributed by atoms with E-state index in [9.17, 15) is 19.2 Å². The van der Waals surface area contributed by atoms with Gasteiger partial charge in [-0.25, -0.2) is 0 Å². The first-order valence-electron chi connectivity index (χ1n) is 10.2. The molecular formula is C24H26N2O5. The number of para-hydroxylation sites is 1. The summed E-state index contributed by atoms with van der Waals surface area (Å²) >= 11 is 0. The molecule has 2 atom stereocenters. The minimum absolute atomic E-state index is 0.0354. The smallest absolute Gasteiger partial charge is 0.312 e. The molecule has 0 unspecified atom stereocenters. The van der Waals surface area contributed by atoms with Gasteiger partial charge in [0.1, 0.15) is 0 Å². The number of nitrogens with one attached hydrogen (secondary N) is 1. The topological polar surface area (TPSA) is 92.8 Å². The van der Waals surface area contributed by atoms with E-state index in [1.54, 1.807) is 29.2 Å². The van der Waals surface area contributed by atoms with Crippen molar-refractivity contribution in [2.45, 2.75) is 40.2 Å². The second kappa shape index (κ2) is 9.12. The Bertz CT molecular complexity index is 1050. The molecular weight excluding hydrogens is 396 g/mol. The molecule has 1 N–H and O–H groups in total. The highest BCUT2D eigenvalue weighted by molar-refractivity contribution is 6.05. The van der Waals surface area contributed by atoms with Crippen molar-refractivity contribution in [1.82, 2.24) is 0 Å². The highest BCUT2D eigenvalue weighted by atomic mass is 16.5. The van der Waals surface area contributed by atoms with Crippen molar-refractivity contribution in [3.63, 3.8) is 0 Å². The van der Waals surface area contributed by atoms with Crippen LogP contribution in [0.1, 0.15) is 41.8 Å². The monoisotopic (exact) mass is 422 g/mol. The molecule has 0 aromatic heterocycles. The van der Waals surface area contributed by atoms with Crippen LogP contribution in [0.25, 0.3) is 0 Å². The highest BCUT2D eigenvalue weighted by Crippen LogP contribution is 2.30. The van der Waals surface area contributed by atoms with Crippen molar-refractivity contribution >= 4 is 34.9 Å². The van der Waals surface area contributed by atoms with E-state index in [0.717, 1.165) is 16.8 Å². The van der Waals surface area contributed by atoms with E-state index < -0.39 is 23.9 Å². The standard InChI is InChI=1S/C24H26N2O5/c1-14-8-7-11-21(15(14)2)26-13-18(12-22(26)28)24(30)31-17(4)23(29)25-20-10-6-5-9-19(20)16(3)27/h5-11,17-18H,12-13H2,1-4H3,(H,25,29)/t17-,18+/m0/s1. The number of Topliss-reactive ketones (excluding diaryl/α,β-unsaturated/α-hetero) is 1. The summed E-state index contributed by atoms with van der Waals surface area (Å²) in [4.78, 5) is 51.0. The number of ketones is 1. The maximum atomic E-state index is 12.6. The minimum atomic E-state index is -1.07. The molecule has 0 radical (unpaired) electrons. The lowest BCUT2D eigenvalue weighted by atomic mass is 10.1. The number of benzene rings is 2. The number of hydrogen-bond acceptors (Lipinski definition) is 5. The number of rotatable bonds is 6. The third-order valence-corrected chi connectivity index (χ3v) is 5.55. The number of carbonyl (C=O) groups excluding carboxylic acids is 4. The van der Waals surface area contributed by atoms with Crippen molar-refractivity contribution in [2.24, 2.45) is 5.92 Å². The molecule has 7 heteroatoms. The number of nitrogens with zero attached hydrogens (tertiary/aromatic N) is 1. The molecule has 1 heterocycles. The Morgan fingerprint density at radius 2 is 1.81 bits per heavy atom. The van der Waals surface area contributed by atoms with Crippen LogP contribution in [-0.2, 0) is 19.1 Å². The molecule has 162 valence electrons. The predicted octanol–water partition coefficient (Wildman–Crippen LogP) is 3.43. The summed E-state index contributed by atoms with van der Waals surface area (Å²) in [5, 5.41) is 2.63. The molecule has 1 saturated heterocycles. The Balaban J connectivity index is 1.64. The SMILES string of the molecule is CC(=O)c1ccccc1NC(=O)[C@H](C)OC(=O)[C@@H]1CC(=O)N(c2cccc(C)c2C)C1. The molecule has 0 saturated carbocycles. The van der Waals surface area contributed by atoms with Crippen LogP contribution in [0.2, 0.25) is 0 Å². The summed E-state index contributed by atoms with van der Waals surface area (Å²) in [5.74, 6) is -2.12. The summed E-state index contributed by atoms with van der Waals surface area (Å²) in [5.41, 5.74) is 3.57. The first-order valence-corrected chi connectivity index (χ1v) is 10.2. The zero-order valence-corrected chi connectivity index (χ0v) is 18.1. The van der Waals surface area contributed by atoms with E-state index in [2.05, 4.69) is 5.32 Å². The van der Waals surface area contributed by atoms with Crippen LogP contribution in [0.3, 0.4) is 0 Å². The molecule has 3 rings (SSSR count). The molecule has 0 spiro atoms. The van der Waals surface area contributed by atoms with E-state index in [4.69, 9.17) is 4.74 Å². The third kappa shape index (κ3) is 4.82. The zero-order valence-electron chi connectivity index (χ0n) is 18.1. The van der Waals surface area contributed by atoms with Gasteiger partial charge in [0.2, 0.25) is 5.91 Å². The zero-order chi connectivity index (χ0) is 22.7. The lowest BCUT2D eigenvalue weighted by molar-refractivity contribution is -0.157. The summed E-state index contributed by atoms with van der Waals surface area (Å²) < 4.78 is 5.34. The number of carbonyl (C=O) groups is 4. The fraction of sp³-hybridized carbons (Fsp3) is 0.333. The van der Waals surface area contributed by atoms with Crippen molar-refractivity contribution in [3.8, 4) is 0 Å². The van der Waals surface area contributed by atoms with Crippen molar-refractivity contribution in [2.75, 3.05) is 16.8 Å².